The van der Waals surface area contributed by atoms with Crippen molar-refractivity contribution in [3.8, 4) is 11.6 Å². The monoisotopic (exact) mass is 388 g/mol. The smallest absolute Gasteiger partial charge is 0.336 e. The summed E-state index contributed by atoms with van der Waals surface area (Å²) in [5.74, 6) is -5.31. The first-order chi connectivity index (χ1) is 10.5. The number of hydrogen-bond acceptors (Lipinski definition) is 3. The molecule has 0 spiro atoms. The van der Waals surface area contributed by atoms with Crippen molar-refractivity contribution < 1.29 is 22.3 Å². The van der Waals surface area contributed by atoms with Crippen LogP contribution in [0.3, 0.4) is 0 Å². The topological polar surface area (TPSA) is 48.1 Å². The number of ether oxygens (including phenoxy) is 1. The van der Waals surface area contributed by atoms with Crippen LogP contribution < -0.4 is 10.5 Å². The second-order valence-corrected chi connectivity index (χ2v) is 6.01. The van der Waals surface area contributed by atoms with Gasteiger partial charge in [-0.3, -0.25) is 0 Å². The fourth-order valence-electron chi connectivity index (χ4n) is 1.52. The normalized spacial score (nSPS) is 12.3. The predicted octanol–water partition coefficient (Wildman–Crippen LogP) is 5.44. The summed E-state index contributed by atoms with van der Waals surface area (Å²) in [5.41, 5.74) is 4.25. The van der Waals surface area contributed by atoms with E-state index in [0.717, 1.165) is 6.07 Å². The molecule has 0 amide bonds. The zero-order valence-electron chi connectivity index (χ0n) is 11.0. The van der Waals surface area contributed by atoms with E-state index in [1.165, 1.54) is 12.1 Å². The molecule has 0 fully saturated rings. The molecule has 1 aromatic carbocycles. The minimum absolute atomic E-state index is 0.0138. The zero-order chi connectivity index (χ0) is 17.4. The second-order valence-electron chi connectivity index (χ2n) is 4.37. The molecule has 0 aliphatic rings. The molecule has 0 unspecified atom stereocenters. The molecule has 0 aliphatic carbocycles. The van der Waals surface area contributed by atoms with Crippen LogP contribution in [0.25, 0.3) is 0 Å². The molecule has 3 nitrogen and oxygen atoms in total. The number of anilines is 1. The molecule has 0 atom stereocenters. The third-order valence-corrected chi connectivity index (χ3v) is 3.46. The summed E-state index contributed by atoms with van der Waals surface area (Å²) in [6, 6.07) is 4.21. The Morgan fingerprint density at radius 3 is 2.30 bits per heavy atom. The van der Waals surface area contributed by atoms with E-state index in [9.17, 15) is 17.6 Å². The lowest BCUT2D eigenvalue weighted by Gasteiger charge is -2.22. The van der Waals surface area contributed by atoms with Gasteiger partial charge < -0.3 is 10.5 Å². The molecule has 0 saturated carbocycles. The molecular weight excluding hydrogens is 383 g/mol. The van der Waals surface area contributed by atoms with E-state index in [-0.39, 0.29) is 22.3 Å². The van der Waals surface area contributed by atoms with Crippen LogP contribution in [0.15, 0.2) is 30.5 Å². The minimum Gasteiger partial charge on any atom is -0.437 e. The molecular formula is C13H7Cl3F4N2O. The summed E-state index contributed by atoms with van der Waals surface area (Å²) < 4.78 is 55.1. The van der Waals surface area contributed by atoms with Crippen LogP contribution in [-0.2, 0) is 5.92 Å². The van der Waals surface area contributed by atoms with Crippen LogP contribution in [0.2, 0.25) is 5.02 Å². The van der Waals surface area contributed by atoms with E-state index >= 15 is 0 Å². The number of benzene rings is 1. The molecule has 2 N–H and O–H groups in total. The maximum Gasteiger partial charge on any atom is 0.336 e. The van der Waals surface area contributed by atoms with Crippen LogP contribution in [0.4, 0.5) is 23.2 Å². The summed E-state index contributed by atoms with van der Waals surface area (Å²) in [5, 5.41) is -0.378. The van der Waals surface area contributed by atoms with Gasteiger partial charge in [0.25, 0.3) is 0 Å². The number of alkyl halides is 5. The van der Waals surface area contributed by atoms with E-state index in [4.69, 9.17) is 45.3 Å². The fourth-order valence-corrected chi connectivity index (χ4v) is 1.94. The summed E-state index contributed by atoms with van der Waals surface area (Å²) in [4.78, 5) is 3.53. The van der Waals surface area contributed by atoms with E-state index in [2.05, 4.69) is 4.98 Å². The van der Waals surface area contributed by atoms with Crippen LogP contribution in [0.5, 0.6) is 11.6 Å². The van der Waals surface area contributed by atoms with Crippen molar-refractivity contribution in [2.45, 2.75) is 10.5 Å². The van der Waals surface area contributed by atoms with Crippen molar-refractivity contribution >= 4 is 40.5 Å². The standard InChI is InChI=1S/C13H7Cl3F4N2O/c14-8-3-6(12(18,19)13(15,16)20)5-22-11(8)23-7-1-2-10(21)9(17)4-7/h1-5H,21H2. The lowest BCUT2D eigenvalue weighted by Crippen LogP contribution is -2.31. The number of nitrogens with zero attached hydrogens (tertiary/aromatic N) is 1. The zero-order valence-corrected chi connectivity index (χ0v) is 13.2. The highest BCUT2D eigenvalue weighted by Gasteiger charge is 2.54. The number of pyridine rings is 1. The first-order valence-corrected chi connectivity index (χ1v) is 6.99. The average molecular weight is 390 g/mol. The maximum atomic E-state index is 13.7. The van der Waals surface area contributed by atoms with Gasteiger partial charge in [-0.2, -0.15) is 8.78 Å². The Balaban J connectivity index is 2.31. The quantitative estimate of drug-likeness (QED) is 0.430. The van der Waals surface area contributed by atoms with Crippen LogP contribution in [0, 0.1) is 5.82 Å². The van der Waals surface area contributed by atoms with Crippen molar-refractivity contribution in [1.29, 1.82) is 0 Å². The van der Waals surface area contributed by atoms with Crippen molar-refractivity contribution in [2.24, 2.45) is 0 Å². The Morgan fingerprint density at radius 2 is 1.78 bits per heavy atom. The van der Waals surface area contributed by atoms with Crippen molar-refractivity contribution in [2.75, 3.05) is 5.73 Å². The highest BCUT2D eigenvalue weighted by molar-refractivity contribution is 6.47. The third-order valence-electron chi connectivity index (χ3n) is 2.71. The Morgan fingerprint density at radius 1 is 1.13 bits per heavy atom. The molecule has 0 aliphatic heterocycles. The summed E-state index contributed by atoms with van der Waals surface area (Å²) >= 11 is 15.4. The van der Waals surface area contributed by atoms with E-state index < -0.39 is 21.9 Å². The van der Waals surface area contributed by atoms with Gasteiger partial charge in [-0.1, -0.05) is 34.8 Å². The predicted molar refractivity (Wildman–Crippen MR) is 79.6 cm³/mol. The van der Waals surface area contributed by atoms with E-state index in [0.29, 0.717) is 12.3 Å². The lowest BCUT2D eigenvalue weighted by atomic mass is 10.1. The molecule has 2 rings (SSSR count). The Labute approximate surface area is 142 Å². The average Bonchev–Trinajstić information content (AvgIpc) is 2.43. The van der Waals surface area contributed by atoms with Gasteiger partial charge in [0.1, 0.15) is 16.6 Å². The molecule has 0 saturated heterocycles. The van der Waals surface area contributed by atoms with Crippen molar-refractivity contribution in [3.05, 3.63) is 46.9 Å². The SMILES string of the molecule is Nc1ccc(Oc2ncc(C(F)(F)C(F)(Cl)Cl)cc2Cl)cc1F. The van der Waals surface area contributed by atoms with Gasteiger partial charge in [-0.05, 0) is 18.2 Å². The second kappa shape index (κ2) is 6.22. The Hall–Kier alpha value is -1.44. The molecule has 0 radical (unpaired) electrons. The number of aromatic nitrogens is 1. The van der Waals surface area contributed by atoms with Crippen LogP contribution in [-0.4, -0.2) is 9.57 Å². The molecule has 1 aromatic heterocycles. The molecule has 10 heteroatoms. The van der Waals surface area contributed by atoms with Gasteiger partial charge in [0.15, 0.2) is 0 Å². The number of hydrogen-bond donors (Lipinski definition) is 1. The summed E-state index contributed by atoms with van der Waals surface area (Å²) in [6.07, 6.45) is 0.591. The number of nitrogen functional groups attached to an aromatic ring is 1. The van der Waals surface area contributed by atoms with Gasteiger partial charge >= 0.3 is 10.5 Å². The van der Waals surface area contributed by atoms with Gasteiger partial charge in [0.05, 0.1) is 5.69 Å². The van der Waals surface area contributed by atoms with Gasteiger partial charge in [0, 0.05) is 17.8 Å². The number of nitrogens with two attached hydrogens (primary N) is 1. The van der Waals surface area contributed by atoms with E-state index in [1.54, 1.807) is 0 Å². The highest BCUT2D eigenvalue weighted by Crippen LogP contribution is 2.48. The van der Waals surface area contributed by atoms with Crippen molar-refractivity contribution in [1.82, 2.24) is 4.98 Å². The molecule has 124 valence electrons. The summed E-state index contributed by atoms with van der Waals surface area (Å²) in [7, 11) is 0. The van der Waals surface area contributed by atoms with Gasteiger partial charge in [-0.15, -0.1) is 0 Å². The first-order valence-electron chi connectivity index (χ1n) is 5.86. The maximum absolute atomic E-state index is 13.7. The van der Waals surface area contributed by atoms with Crippen LogP contribution >= 0.6 is 34.8 Å². The van der Waals surface area contributed by atoms with Crippen LogP contribution in [0.1, 0.15) is 5.56 Å². The first kappa shape index (κ1) is 17.9. The van der Waals surface area contributed by atoms with Crippen molar-refractivity contribution in [3.63, 3.8) is 0 Å². The van der Waals surface area contributed by atoms with Gasteiger partial charge in [0.2, 0.25) is 5.88 Å². The highest BCUT2D eigenvalue weighted by atomic mass is 35.5. The minimum atomic E-state index is -4.25. The molecule has 23 heavy (non-hydrogen) atoms. The molecule has 1 heterocycles. The Kier molecular flexibility index (Phi) is 4.84. The van der Waals surface area contributed by atoms with E-state index in [1.807, 2.05) is 0 Å². The molecule has 2 aromatic rings. The molecule has 0 bridgehead atoms. The fraction of sp³-hybridized carbons (Fsp3) is 0.154. The Bertz CT molecular complexity index is 738. The lowest BCUT2D eigenvalue weighted by molar-refractivity contribution is -0.0653. The summed E-state index contributed by atoms with van der Waals surface area (Å²) in [6.45, 7) is 0. The third kappa shape index (κ3) is 3.73. The number of halogens is 7. The largest absolute Gasteiger partial charge is 0.437 e. The van der Waals surface area contributed by atoms with Gasteiger partial charge in [-0.25, -0.2) is 13.8 Å². The number of rotatable bonds is 4.